The Kier molecular flexibility index (Phi) is 5.87. The molecule has 3 aromatic rings. The van der Waals surface area contributed by atoms with Gasteiger partial charge in [0.2, 0.25) is 4.77 Å². The zero-order chi connectivity index (χ0) is 19.2. The molecule has 0 unspecified atom stereocenters. The van der Waals surface area contributed by atoms with Crippen molar-refractivity contribution in [3.05, 3.63) is 52.8 Å². The number of para-hydroxylation sites is 1. The molecule has 140 valence electrons. The first-order chi connectivity index (χ1) is 13.2. The van der Waals surface area contributed by atoms with Crippen LogP contribution in [0.1, 0.15) is 12.5 Å². The zero-order valence-electron chi connectivity index (χ0n) is 15.3. The summed E-state index contributed by atoms with van der Waals surface area (Å²) in [6, 6.07) is 13.2. The Morgan fingerprint density at radius 3 is 2.63 bits per heavy atom. The Bertz CT molecular complexity index is 1010. The number of rotatable bonds is 7. The molecule has 0 aliphatic heterocycles. The van der Waals surface area contributed by atoms with E-state index in [1.54, 1.807) is 25.1 Å². The molecular weight excluding hydrogens is 364 g/mol. The van der Waals surface area contributed by atoms with Gasteiger partial charge in [-0.3, -0.25) is 0 Å². The lowest BCUT2D eigenvalue weighted by Crippen LogP contribution is -1.99. The number of benzene rings is 2. The van der Waals surface area contributed by atoms with E-state index in [1.165, 1.54) is 0 Å². The van der Waals surface area contributed by atoms with Crippen LogP contribution in [0.4, 0.5) is 0 Å². The summed E-state index contributed by atoms with van der Waals surface area (Å²) in [6.07, 6.45) is 1.68. The SMILES string of the molecule is CCOc1ccccc1-c1n[nH]c(=S)n1/N=C\c1ccc(OC)c(OC)c1. The topological polar surface area (TPSA) is 73.7 Å². The van der Waals surface area contributed by atoms with Crippen LogP contribution < -0.4 is 14.2 Å². The average molecular weight is 384 g/mol. The van der Waals surface area contributed by atoms with Crippen molar-refractivity contribution >= 4 is 18.4 Å². The maximum atomic E-state index is 5.69. The highest BCUT2D eigenvalue weighted by Crippen LogP contribution is 2.29. The minimum Gasteiger partial charge on any atom is -0.493 e. The molecule has 1 aromatic heterocycles. The molecular formula is C19H20N4O3S. The maximum absolute atomic E-state index is 5.69. The van der Waals surface area contributed by atoms with Crippen LogP contribution in [0.3, 0.4) is 0 Å². The van der Waals surface area contributed by atoms with Gasteiger partial charge in [-0.25, -0.2) is 5.10 Å². The lowest BCUT2D eigenvalue weighted by Gasteiger charge is -2.09. The Morgan fingerprint density at radius 2 is 1.89 bits per heavy atom. The van der Waals surface area contributed by atoms with Crippen molar-refractivity contribution in [3.8, 4) is 28.6 Å². The Balaban J connectivity index is 1.99. The number of nitrogens with zero attached hydrogens (tertiary/aromatic N) is 3. The molecule has 0 aliphatic rings. The molecule has 3 rings (SSSR count). The summed E-state index contributed by atoms with van der Waals surface area (Å²) in [5, 5.41) is 11.6. The zero-order valence-corrected chi connectivity index (χ0v) is 16.1. The number of nitrogens with one attached hydrogen (secondary N) is 1. The fourth-order valence-electron chi connectivity index (χ4n) is 2.56. The Hall–Kier alpha value is -3.13. The molecule has 2 aromatic carbocycles. The highest BCUT2D eigenvalue weighted by atomic mass is 32.1. The minimum atomic E-state index is 0.382. The van der Waals surface area contributed by atoms with Crippen LogP contribution in [0.25, 0.3) is 11.4 Å². The van der Waals surface area contributed by atoms with E-state index >= 15 is 0 Å². The molecule has 1 N–H and O–H groups in total. The molecule has 7 nitrogen and oxygen atoms in total. The van der Waals surface area contributed by atoms with E-state index in [-0.39, 0.29) is 0 Å². The van der Waals surface area contributed by atoms with Gasteiger partial charge in [0.05, 0.1) is 32.6 Å². The fourth-order valence-corrected chi connectivity index (χ4v) is 2.74. The maximum Gasteiger partial charge on any atom is 0.216 e. The van der Waals surface area contributed by atoms with Gasteiger partial charge in [-0.15, -0.1) is 0 Å². The Morgan fingerprint density at radius 1 is 1.11 bits per heavy atom. The molecule has 0 amide bonds. The van der Waals surface area contributed by atoms with Crippen LogP contribution in [0.5, 0.6) is 17.2 Å². The van der Waals surface area contributed by atoms with Gasteiger partial charge >= 0.3 is 0 Å². The molecule has 0 bridgehead atoms. The predicted octanol–water partition coefficient (Wildman–Crippen LogP) is 3.91. The van der Waals surface area contributed by atoms with E-state index in [1.807, 2.05) is 49.4 Å². The van der Waals surface area contributed by atoms with Crippen molar-refractivity contribution in [2.24, 2.45) is 5.10 Å². The predicted molar refractivity (Wildman–Crippen MR) is 107 cm³/mol. The third-order valence-corrected chi connectivity index (χ3v) is 4.07. The summed E-state index contributed by atoms with van der Waals surface area (Å²) in [7, 11) is 3.19. The number of H-pyrrole nitrogens is 1. The number of aromatic amines is 1. The van der Waals surface area contributed by atoms with Gasteiger partial charge in [0.1, 0.15) is 5.75 Å². The highest BCUT2D eigenvalue weighted by molar-refractivity contribution is 7.71. The van der Waals surface area contributed by atoms with E-state index in [0.717, 1.165) is 16.9 Å². The number of methoxy groups -OCH3 is 2. The van der Waals surface area contributed by atoms with Crippen LogP contribution in [-0.2, 0) is 0 Å². The third kappa shape index (κ3) is 4.01. The second kappa shape index (κ2) is 8.50. The normalized spacial score (nSPS) is 10.9. The molecule has 1 heterocycles. The molecule has 0 fully saturated rings. The number of aromatic nitrogens is 3. The Labute approximate surface area is 162 Å². The van der Waals surface area contributed by atoms with E-state index < -0.39 is 0 Å². The number of hydrogen-bond acceptors (Lipinski definition) is 6. The lowest BCUT2D eigenvalue weighted by atomic mass is 10.2. The van der Waals surface area contributed by atoms with Crippen molar-refractivity contribution in [3.63, 3.8) is 0 Å². The van der Waals surface area contributed by atoms with Gasteiger partial charge in [0, 0.05) is 0 Å². The molecule has 0 spiro atoms. The van der Waals surface area contributed by atoms with Gasteiger partial charge < -0.3 is 14.2 Å². The van der Waals surface area contributed by atoms with Gasteiger partial charge in [0.25, 0.3) is 0 Å². The van der Waals surface area contributed by atoms with Gasteiger partial charge in [-0.2, -0.15) is 14.9 Å². The van der Waals surface area contributed by atoms with Crippen molar-refractivity contribution in [2.75, 3.05) is 20.8 Å². The minimum absolute atomic E-state index is 0.382. The van der Waals surface area contributed by atoms with Gasteiger partial charge in [-0.05, 0) is 55.0 Å². The number of hydrogen-bond donors (Lipinski definition) is 1. The molecule has 0 saturated carbocycles. The second-order valence-electron chi connectivity index (χ2n) is 5.45. The van der Waals surface area contributed by atoms with Crippen LogP contribution >= 0.6 is 12.2 Å². The molecule has 0 aliphatic carbocycles. The van der Waals surface area contributed by atoms with E-state index in [9.17, 15) is 0 Å². The molecule has 0 radical (unpaired) electrons. The van der Waals surface area contributed by atoms with Crippen LogP contribution in [0.2, 0.25) is 0 Å². The summed E-state index contributed by atoms with van der Waals surface area (Å²) in [6.45, 7) is 2.49. The van der Waals surface area contributed by atoms with Crippen LogP contribution in [0, 0.1) is 4.77 Å². The number of ether oxygens (including phenoxy) is 3. The van der Waals surface area contributed by atoms with E-state index in [0.29, 0.717) is 28.7 Å². The standard InChI is InChI=1S/C19H20N4O3S/c1-4-26-15-8-6-5-7-14(15)18-21-22-19(27)23(18)20-12-13-9-10-16(24-2)17(11-13)25-3/h5-12H,4H2,1-3H3,(H,22,27)/b20-12-. The summed E-state index contributed by atoms with van der Waals surface area (Å²) < 4.78 is 18.2. The van der Waals surface area contributed by atoms with Gasteiger partial charge in [0.15, 0.2) is 17.3 Å². The molecule has 0 atom stereocenters. The van der Waals surface area contributed by atoms with Crippen LogP contribution in [0.15, 0.2) is 47.6 Å². The summed E-state index contributed by atoms with van der Waals surface area (Å²) in [5.74, 6) is 2.57. The summed E-state index contributed by atoms with van der Waals surface area (Å²) >= 11 is 5.33. The first-order valence-corrected chi connectivity index (χ1v) is 8.74. The first-order valence-electron chi connectivity index (χ1n) is 8.34. The smallest absolute Gasteiger partial charge is 0.216 e. The summed E-state index contributed by atoms with van der Waals surface area (Å²) in [5.41, 5.74) is 1.64. The van der Waals surface area contributed by atoms with E-state index in [2.05, 4.69) is 15.3 Å². The second-order valence-corrected chi connectivity index (χ2v) is 5.84. The average Bonchev–Trinajstić information content (AvgIpc) is 3.07. The van der Waals surface area contributed by atoms with Crippen molar-refractivity contribution < 1.29 is 14.2 Å². The fraction of sp³-hybridized carbons (Fsp3) is 0.211. The first kappa shape index (κ1) is 18.7. The summed E-state index contributed by atoms with van der Waals surface area (Å²) in [4.78, 5) is 0. The van der Waals surface area contributed by atoms with Crippen molar-refractivity contribution in [1.29, 1.82) is 0 Å². The largest absolute Gasteiger partial charge is 0.493 e. The van der Waals surface area contributed by atoms with E-state index in [4.69, 9.17) is 26.4 Å². The molecule has 27 heavy (non-hydrogen) atoms. The molecule has 0 saturated heterocycles. The van der Waals surface area contributed by atoms with Crippen molar-refractivity contribution in [2.45, 2.75) is 6.92 Å². The lowest BCUT2D eigenvalue weighted by molar-refractivity contribution is 0.341. The van der Waals surface area contributed by atoms with Crippen LogP contribution in [-0.4, -0.2) is 41.9 Å². The third-order valence-electron chi connectivity index (χ3n) is 3.81. The van der Waals surface area contributed by atoms with Crippen molar-refractivity contribution in [1.82, 2.24) is 14.9 Å². The monoisotopic (exact) mass is 384 g/mol. The molecule has 8 heteroatoms. The van der Waals surface area contributed by atoms with Gasteiger partial charge in [-0.1, -0.05) is 12.1 Å². The quantitative estimate of drug-likeness (QED) is 0.494. The highest BCUT2D eigenvalue weighted by Gasteiger charge is 2.13.